The molecule has 0 aliphatic rings. The molecule has 2 nitrogen and oxygen atoms in total. The van der Waals surface area contributed by atoms with E-state index < -0.39 is 0 Å². The van der Waals surface area contributed by atoms with Gasteiger partial charge in [-0.3, -0.25) is 0 Å². The van der Waals surface area contributed by atoms with Crippen LogP contribution in [0, 0.1) is 0 Å². The van der Waals surface area contributed by atoms with Crippen LogP contribution in [-0.4, -0.2) is 9.97 Å². The molecule has 0 aliphatic carbocycles. The first-order chi connectivity index (χ1) is 11.9. The van der Waals surface area contributed by atoms with Crippen molar-refractivity contribution >= 4 is 32.7 Å². The van der Waals surface area contributed by atoms with Gasteiger partial charge in [0.25, 0.3) is 0 Å². The molecule has 5 rings (SSSR count). The average molecular weight is 306 g/mol. The Morgan fingerprint density at radius 1 is 0.542 bits per heavy atom. The van der Waals surface area contributed by atoms with Gasteiger partial charge in [0.1, 0.15) is 0 Å². The van der Waals surface area contributed by atoms with Crippen LogP contribution >= 0.6 is 0 Å². The Morgan fingerprint density at radius 2 is 1.25 bits per heavy atom. The largest absolute Gasteiger partial charge is 0.245 e. The van der Waals surface area contributed by atoms with E-state index in [4.69, 9.17) is 9.97 Å². The lowest BCUT2D eigenvalue weighted by molar-refractivity contribution is 1.40. The fourth-order valence-corrected chi connectivity index (χ4v) is 3.28. The summed E-state index contributed by atoms with van der Waals surface area (Å²) >= 11 is 0. The topological polar surface area (TPSA) is 25.8 Å². The fraction of sp³-hybridized carbons (Fsp3) is 0. The van der Waals surface area contributed by atoms with E-state index >= 15 is 0 Å². The average Bonchev–Trinajstić information content (AvgIpc) is 2.66. The van der Waals surface area contributed by atoms with Crippen LogP contribution in [0.25, 0.3) is 44.0 Å². The van der Waals surface area contributed by atoms with Gasteiger partial charge >= 0.3 is 0 Å². The quantitative estimate of drug-likeness (QED) is 0.297. The standard InChI is InChI=1S/C22H14N2/c1-2-8-15(9-3-1)21-17-11-5-6-12-18(17)22-20(24-21)14-16-10-4-7-13-19(16)23-22/h1-14H. The molecule has 0 bridgehead atoms. The highest BCUT2D eigenvalue weighted by Crippen LogP contribution is 2.32. The summed E-state index contributed by atoms with van der Waals surface area (Å²) in [4.78, 5) is 9.84. The number of benzene rings is 3. The first-order valence-corrected chi connectivity index (χ1v) is 8.04. The van der Waals surface area contributed by atoms with Crippen molar-refractivity contribution < 1.29 is 0 Å². The van der Waals surface area contributed by atoms with Gasteiger partial charge in [0.2, 0.25) is 0 Å². The van der Waals surface area contributed by atoms with Gasteiger partial charge in [0.05, 0.1) is 22.2 Å². The highest BCUT2D eigenvalue weighted by atomic mass is 14.8. The van der Waals surface area contributed by atoms with Crippen molar-refractivity contribution in [2.45, 2.75) is 0 Å². The van der Waals surface area contributed by atoms with Crippen molar-refractivity contribution in [3.63, 3.8) is 0 Å². The van der Waals surface area contributed by atoms with E-state index in [0.29, 0.717) is 0 Å². The molecular weight excluding hydrogens is 292 g/mol. The lowest BCUT2D eigenvalue weighted by Crippen LogP contribution is -1.92. The van der Waals surface area contributed by atoms with Crippen molar-refractivity contribution in [2.75, 3.05) is 0 Å². The maximum Gasteiger partial charge on any atom is 0.0973 e. The molecule has 0 N–H and O–H groups in total. The molecule has 0 saturated heterocycles. The highest BCUT2D eigenvalue weighted by Gasteiger charge is 2.11. The summed E-state index contributed by atoms with van der Waals surface area (Å²) in [5.41, 5.74) is 5.04. The summed E-state index contributed by atoms with van der Waals surface area (Å²) in [6, 6.07) is 29.1. The number of aromatic nitrogens is 2. The number of hydrogen-bond donors (Lipinski definition) is 0. The van der Waals surface area contributed by atoms with Crippen molar-refractivity contribution in [2.24, 2.45) is 0 Å². The van der Waals surface area contributed by atoms with Crippen LogP contribution in [0.1, 0.15) is 0 Å². The van der Waals surface area contributed by atoms with E-state index in [-0.39, 0.29) is 0 Å². The molecule has 0 fully saturated rings. The molecule has 0 aliphatic heterocycles. The molecule has 112 valence electrons. The lowest BCUT2D eigenvalue weighted by atomic mass is 10.0. The van der Waals surface area contributed by atoms with Crippen LogP contribution in [0.3, 0.4) is 0 Å². The second-order valence-electron chi connectivity index (χ2n) is 5.92. The summed E-state index contributed by atoms with van der Waals surface area (Å²) in [7, 11) is 0. The monoisotopic (exact) mass is 306 g/mol. The molecule has 0 atom stereocenters. The summed E-state index contributed by atoms with van der Waals surface area (Å²) in [5, 5.41) is 3.40. The van der Waals surface area contributed by atoms with Crippen LogP contribution in [0.2, 0.25) is 0 Å². The maximum atomic E-state index is 4.96. The second kappa shape index (κ2) is 5.14. The Hall–Kier alpha value is -3.26. The molecule has 0 spiro atoms. The predicted octanol–water partition coefficient (Wildman–Crippen LogP) is 5.60. The Bertz CT molecular complexity index is 1190. The summed E-state index contributed by atoms with van der Waals surface area (Å²) in [6.07, 6.45) is 0. The summed E-state index contributed by atoms with van der Waals surface area (Å²) in [5.74, 6) is 0. The number of hydrogen-bond acceptors (Lipinski definition) is 2. The third-order valence-corrected chi connectivity index (χ3v) is 4.42. The minimum Gasteiger partial charge on any atom is -0.245 e. The number of pyridine rings is 2. The summed E-state index contributed by atoms with van der Waals surface area (Å²) < 4.78 is 0. The van der Waals surface area contributed by atoms with Gasteiger partial charge in [-0.05, 0) is 12.1 Å². The zero-order chi connectivity index (χ0) is 15.9. The SMILES string of the molecule is c1ccc(-c2nc3cc4ccccc4nc3c3ccccc23)cc1. The minimum atomic E-state index is 0.936. The molecule has 3 aromatic carbocycles. The van der Waals surface area contributed by atoms with E-state index in [1.54, 1.807) is 0 Å². The Labute approximate surface area is 139 Å². The smallest absolute Gasteiger partial charge is 0.0973 e. The van der Waals surface area contributed by atoms with Crippen molar-refractivity contribution in [1.82, 2.24) is 9.97 Å². The lowest BCUT2D eigenvalue weighted by Gasteiger charge is -2.10. The molecular formula is C22H14N2. The number of nitrogens with zero attached hydrogens (tertiary/aromatic N) is 2. The van der Waals surface area contributed by atoms with Gasteiger partial charge in [-0.25, -0.2) is 9.97 Å². The minimum absolute atomic E-state index is 0.936. The zero-order valence-electron chi connectivity index (χ0n) is 13.0. The predicted molar refractivity (Wildman–Crippen MR) is 100.0 cm³/mol. The highest BCUT2D eigenvalue weighted by molar-refractivity contribution is 6.11. The second-order valence-corrected chi connectivity index (χ2v) is 5.92. The van der Waals surface area contributed by atoms with Gasteiger partial charge in [0, 0.05) is 21.7 Å². The third-order valence-electron chi connectivity index (χ3n) is 4.42. The molecule has 24 heavy (non-hydrogen) atoms. The number of fused-ring (bicyclic) bond motifs is 4. The van der Waals surface area contributed by atoms with Gasteiger partial charge in [-0.1, -0.05) is 72.8 Å². The van der Waals surface area contributed by atoms with Crippen molar-refractivity contribution in [3.05, 3.63) is 84.9 Å². The van der Waals surface area contributed by atoms with Crippen molar-refractivity contribution in [3.8, 4) is 11.3 Å². The van der Waals surface area contributed by atoms with E-state index in [9.17, 15) is 0 Å². The summed E-state index contributed by atoms with van der Waals surface area (Å²) in [6.45, 7) is 0. The van der Waals surface area contributed by atoms with E-state index in [1.807, 2.05) is 18.2 Å². The first kappa shape index (κ1) is 13.2. The number of rotatable bonds is 1. The molecule has 0 radical (unpaired) electrons. The van der Waals surface area contributed by atoms with Crippen LogP contribution in [0.15, 0.2) is 84.9 Å². The van der Waals surface area contributed by atoms with Crippen LogP contribution in [-0.2, 0) is 0 Å². The van der Waals surface area contributed by atoms with Crippen molar-refractivity contribution in [1.29, 1.82) is 0 Å². The van der Waals surface area contributed by atoms with Crippen LogP contribution in [0.5, 0.6) is 0 Å². The van der Waals surface area contributed by atoms with Crippen LogP contribution < -0.4 is 0 Å². The maximum absolute atomic E-state index is 4.96. The van der Waals surface area contributed by atoms with Gasteiger partial charge < -0.3 is 0 Å². The number of para-hydroxylation sites is 1. The van der Waals surface area contributed by atoms with E-state index in [1.165, 1.54) is 0 Å². The van der Waals surface area contributed by atoms with E-state index in [0.717, 1.165) is 44.0 Å². The Morgan fingerprint density at radius 3 is 2.12 bits per heavy atom. The van der Waals surface area contributed by atoms with Crippen LogP contribution in [0.4, 0.5) is 0 Å². The molecule has 5 aromatic rings. The van der Waals surface area contributed by atoms with Gasteiger partial charge in [-0.2, -0.15) is 0 Å². The first-order valence-electron chi connectivity index (χ1n) is 8.04. The van der Waals surface area contributed by atoms with Gasteiger partial charge in [0.15, 0.2) is 0 Å². The van der Waals surface area contributed by atoms with E-state index in [2.05, 4.69) is 66.7 Å². The molecule has 0 unspecified atom stereocenters. The fourth-order valence-electron chi connectivity index (χ4n) is 3.28. The molecule has 0 amide bonds. The molecule has 0 saturated carbocycles. The van der Waals surface area contributed by atoms with Gasteiger partial charge in [-0.15, -0.1) is 0 Å². The molecule has 2 aromatic heterocycles. The Kier molecular flexibility index (Phi) is 2.83. The Balaban J connectivity index is 1.97. The molecule has 2 heteroatoms. The normalized spacial score (nSPS) is 11.3. The zero-order valence-corrected chi connectivity index (χ0v) is 13.0. The third kappa shape index (κ3) is 1.97. The molecule has 2 heterocycles.